The standard InChI is InChI=1S/C11H24N2O2S/c1-2-11(10-12)16(14,15)13-8-6-4-3-5-7-9-13/h11H,2-10,12H2,1H3. The van der Waals surface area contributed by atoms with Gasteiger partial charge in [0.05, 0.1) is 5.25 Å². The van der Waals surface area contributed by atoms with Gasteiger partial charge >= 0.3 is 0 Å². The molecule has 0 aromatic rings. The molecule has 0 aliphatic carbocycles. The molecule has 1 saturated heterocycles. The minimum Gasteiger partial charge on any atom is -0.329 e. The van der Waals surface area contributed by atoms with Crippen molar-refractivity contribution in [2.24, 2.45) is 5.73 Å². The van der Waals surface area contributed by atoms with Crippen molar-refractivity contribution in [2.75, 3.05) is 19.6 Å². The lowest BCUT2D eigenvalue weighted by Gasteiger charge is -2.27. The van der Waals surface area contributed by atoms with E-state index in [1.54, 1.807) is 4.31 Å². The Morgan fingerprint density at radius 2 is 1.62 bits per heavy atom. The Balaban J connectivity index is 2.71. The molecule has 0 bridgehead atoms. The van der Waals surface area contributed by atoms with E-state index >= 15 is 0 Å². The molecule has 96 valence electrons. The fourth-order valence-corrected chi connectivity index (χ4v) is 4.04. The van der Waals surface area contributed by atoms with Crippen molar-refractivity contribution in [3.63, 3.8) is 0 Å². The third-order valence-electron chi connectivity index (χ3n) is 3.31. The van der Waals surface area contributed by atoms with Crippen LogP contribution in [0.3, 0.4) is 0 Å². The van der Waals surface area contributed by atoms with Crippen LogP contribution in [0.4, 0.5) is 0 Å². The molecular formula is C11H24N2O2S. The maximum absolute atomic E-state index is 12.3. The SMILES string of the molecule is CCC(CN)S(=O)(=O)N1CCCCCCC1. The van der Waals surface area contributed by atoms with Crippen molar-refractivity contribution in [3.05, 3.63) is 0 Å². The molecule has 16 heavy (non-hydrogen) atoms. The highest BCUT2D eigenvalue weighted by Crippen LogP contribution is 2.17. The summed E-state index contributed by atoms with van der Waals surface area (Å²) in [6, 6.07) is 0. The van der Waals surface area contributed by atoms with Crippen LogP contribution in [-0.4, -0.2) is 37.6 Å². The molecule has 1 aliphatic heterocycles. The third kappa shape index (κ3) is 3.43. The predicted molar refractivity (Wildman–Crippen MR) is 66.7 cm³/mol. The van der Waals surface area contributed by atoms with E-state index in [1.165, 1.54) is 6.42 Å². The number of hydrogen-bond donors (Lipinski definition) is 1. The van der Waals surface area contributed by atoms with E-state index in [1.807, 2.05) is 6.92 Å². The van der Waals surface area contributed by atoms with Gasteiger partial charge in [0.2, 0.25) is 10.0 Å². The Hall–Kier alpha value is -0.130. The molecule has 0 radical (unpaired) electrons. The third-order valence-corrected chi connectivity index (χ3v) is 5.77. The van der Waals surface area contributed by atoms with Crippen LogP contribution in [0.5, 0.6) is 0 Å². The molecule has 1 aliphatic rings. The monoisotopic (exact) mass is 248 g/mol. The molecule has 0 aromatic carbocycles. The molecule has 0 aromatic heterocycles. The van der Waals surface area contributed by atoms with Crippen LogP contribution >= 0.6 is 0 Å². The largest absolute Gasteiger partial charge is 0.329 e. The van der Waals surface area contributed by atoms with Gasteiger partial charge in [-0.1, -0.05) is 26.2 Å². The summed E-state index contributed by atoms with van der Waals surface area (Å²) in [5.41, 5.74) is 5.54. The molecule has 1 heterocycles. The van der Waals surface area contributed by atoms with Gasteiger partial charge in [-0.25, -0.2) is 12.7 Å². The first kappa shape index (κ1) is 13.9. The molecule has 4 nitrogen and oxygen atoms in total. The molecule has 1 rings (SSSR count). The molecule has 2 N–H and O–H groups in total. The van der Waals surface area contributed by atoms with Gasteiger partial charge in [-0.3, -0.25) is 0 Å². The van der Waals surface area contributed by atoms with Crippen LogP contribution in [-0.2, 0) is 10.0 Å². The highest BCUT2D eigenvalue weighted by molar-refractivity contribution is 7.89. The Labute approximate surface area is 99.2 Å². The Morgan fingerprint density at radius 1 is 1.12 bits per heavy atom. The van der Waals surface area contributed by atoms with Gasteiger partial charge in [0.1, 0.15) is 0 Å². The van der Waals surface area contributed by atoms with Gasteiger partial charge in [-0.15, -0.1) is 0 Å². The first-order valence-electron chi connectivity index (χ1n) is 6.32. The van der Waals surface area contributed by atoms with Crippen molar-refractivity contribution < 1.29 is 8.42 Å². The lowest BCUT2D eigenvalue weighted by molar-refractivity contribution is 0.359. The highest BCUT2D eigenvalue weighted by atomic mass is 32.2. The van der Waals surface area contributed by atoms with Crippen LogP contribution < -0.4 is 5.73 Å². The summed E-state index contributed by atoms with van der Waals surface area (Å²) in [4.78, 5) is 0. The van der Waals surface area contributed by atoms with Gasteiger partial charge < -0.3 is 5.73 Å². The fourth-order valence-electron chi connectivity index (χ4n) is 2.18. The van der Waals surface area contributed by atoms with E-state index in [2.05, 4.69) is 0 Å². The van der Waals surface area contributed by atoms with Crippen LogP contribution in [0.2, 0.25) is 0 Å². The molecule has 1 unspecified atom stereocenters. The minimum atomic E-state index is -3.16. The lowest BCUT2D eigenvalue weighted by Crippen LogP contribution is -2.43. The van der Waals surface area contributed by atoms with Crippen molar-refractivity contribution >= 4 is 10.0 Å². The second-order valence-corrected chi connectivity index (χ2v) is 6.69. The molecule has 1 atom stereocenters. The molecular weight excluding hydrogens is 224 g/mol. The topological polar surface area (TPSA) is 63.4 Å². The predicted octanol–water partition coefficient (Wildman–Crippen LogP) is 1.32. The zero-order chi connectivity index (χ0) is 12.0. The summed E-state index contributed by atoms with van der Waals surface area (Å²) in [7, 11) is -3.16. The Morgan fingerprint density at radius 3 is 2.06 bits per heavy atom. The average Bonchev–Trinajstić information content (AvgIpc) is 2.17. The summed E-state index contributed by atoms with van der Waals surface area (Å²) in [6.45, 7) is 3.48. The normalized spacial score (nSPS) is 22.4. The quantitative estimate of drug-likeness (QED) is 0.816. The van der Waals surface area contributed by atoms with Crippen molar-refractivity contribution in [1.82, 2.24) is 4.31 Å². The zero-order valence-electron chi connectivity index (χ0n) is 10.2. The number of nitrogens with two attached hydrogens (primary N) is 1. The molecule has 1 fully saturated rings. The summed E-state index contributed by atoms with van der Waals surface area (Å²) in [6.07, 6.45) is 6.11. The van der Waals surface area contributed by atoms with E-state index in [-0.39, 0.29) is 6.54 Å². The summed E-state index contributed by atoms with van der Waals surface area (Å²) in [5, 5.41) is -0.396. The fraction of sp³-hybridized carbons (Fsp3) is 1.00. The first-order chi connectivity index (χ1) is 7.62. The number of hydrogen-bond acceptors (Lipinski definition) is 3. The molecule has 5 heteroatoms. The van der Waals surface area contributed by atoms with E-state index in [4.69, 9.17) is 5.73 Å². The van der Waals surface area contributed by atoms with Crippen molar-refractivity contribution in [1.29, 1.82) is 0 Å². The zero-order valence-corrected chi connectivity index (χ0v) is 11.0. The van der Waals surface area contributed by atoms with E-state index in [0.29, 0.717) is 19.5 Å². The number of rotatable bonds is 4. The average molecular weight is 248 g/mol. The molecule has 0 amide bonds. The summed E-state index contributed by atoms with van der Waals surface area (Å²) >= 11 is 0. The Bertz CT molecular complexity index is 278. The maximum atomic E-state index is 12.3. The lowest BCUT2D eigenvalue weighted by atomic mass is 10.1. The van der Waals surface area contributed by atoms with Crippen LogP contribution in [0.1, 0.15) is 45.4 Å². The van der Waals surface area contributed by atoms with Crippen molar-refractivity contribution in [3.8, 4) is 0 Å². The van der Waals surface area contributed by atoms with Crippen LogP contribution in [0.15, 0.2) is 0 Å². The second-order valence-electron chi connectivity index (χ2n) is 4.48. The Kier molecular flexibility index (Phi) is 5.72. The second kappa shape index (κ2) is 6.57. The summed E-state index contributed by atoms with van der Waals surface area (Å²) < 4.78 is 26.2. The van der Waals surface area contributed by atoms with E-state index < -0.39 is 15.3 Å². The van der Waals surface area contributed by atoms with Gasteiger partial charge in [0, 0.05) is 19.6 Å². The van der Waals surface area contributed by atoms with Crippen molar-refractivity contribution in [2.45, 2.75) is 50.7 Å². The van der Waals surface area contributed by atoms with Gasteiger partial charge in [0.25, 0.3) is 0 Å². The smallest absolute Gasteiger partial charge is 0.218 e. The minimum absolute atomic E-state index is 0.231. The van der Waals surface area contributed by atoms with E-state index in [0.717, 1.165) is 25.7 Å². The summed E-state index contributed by atoms with van der Waals surface area (Å²) in [5.74, 6) is 0. The number of nitrogens with zero attached hydrogens (tertiary/aromatic N) is 1. The highest BCUT2D eigenvalue weighted by Gasteiger charge is 2.29. The maximum Gasteiger partial charge on any atom is 0.218 e. The first-order valence-corrected chi connectivity index (χ1v) is 7.82. The van der Waals surface area contributed by atoms with Gasteiger partial charge in [0.15, 0.2) is 0 Å². The number of sulfonamides is 1. The van der Waals surface area contributed by atoms with Gasteiger partial charge in [-0.05, 0) is 19.3 Å². The van der Waals surface area contributed by atoms with Crippen LogP contribution in [0, 0.1) is 0 Å². The molecule has 0 spiro atoms. The van der Waals surface area contributed by atoms with E-state index in [9.17, 15) is 8.42 Å². The molecule has 0 saturated carbocycles. The van der Waals surface area contributed by atoms with Crippen LogP contribution in [0.25, 0.3) is 0 Å². The van der Waals surface area contributed by atoms with Gasteiger partial charge in [-0.2, -0.15) is 0 Å².